The number of alkyl halides is 4. The lowest BCUT2D eigenvalue weighted by atomic mass is 10.3. The van der Waals surface area contributed by atoms with Crippen LogP contribution in [0.5, 0.6) is 0 Å². The molecule has 0 bridgehead atoms. The molecule has 4 atom stereocenters. The molecular weight excluding hydrogens is 540 g/mol. The Bertz CT molecular complexity index is 516. The van der Waals surface area contributed by atoms with Gasteiger partial charge in [-0.3, -0.25) is 9.13 Å². The summed E-state index contributed by atoms with van der Waals surface area (Å²) in [6.45, 7) is 10.9. The molecule has 0 aromatic rings. The van der Waals surface area contributed by atoms with E-state index in [0.717, 1.165) is 0 Å². The van der Waals surface area contributed by atoms with Gasteiger partial charge in [0.05, 0.1) is 47.9 Å². The van der Waals surface area contributed by atoms with Gasteiger partial charge in [-0.05, 0) is 31.6 Å². The van der Waals surface area contributed by atoms with Crippen LogP contribution in [-0.4, -0.2) is 53.3 Å². The smallest absolute Gasteiger partial charge is 0.306 e. The van der Waals surface area contributed by atoms with Crippen molar-refractivity contribution in [2.24, 2.45) is 5.92 Å². The van der Waals surface area contributed by atoms with Crippen LogP contribution in [0.2, 0.25) is 0 Å². The van der Waals surface area contributed by atoms with Gasteiger partial charge in [-0.15, -0.1) is 46.4 Å². The fraction of sp³-hybridized carbons (Fsp3) is 1.00. The summed E-state index contributed by atoms with van der Waals surface area (Å²) in [6.07, 6.45) is 2.39. The van der Waals surface area contributed by atoms with E-state index in [-0.39, 0.29) is 26.4 Å². The van der Waals surface area contributed by atoms with Crippen LogP contribution in [0.15, 0.2) is 0 Å². The average Bonchev–Trinajstić information content (AvgIpc) is 2.77. The summed E-state index contributed by atoms with van der Waals surface area (Å²) in [5.74, 6) is -0.441. The molecule has 0 saturated heterocycles. The molecule has 0 aromatic heterocycles. The zero-order valence-electron chi connectivity index (χ0n) is 20.0. The van der Waals surface area contributed by atoms with Gasteiger partial charge in [0, 0.05) is 0 Å². The van der Waals surface area contributed by atoms with Gasteiger partial charge in [-0.2, -0.15) is 0 Å². The largest absolute Gasteiger partial charge is 0.346 e. The van der Waals surface area contributed by atoms with Crippen LogP contribution in [0.4, 0.5) is 0 Å². The Morgan fingerprint density at radius 3 is 0.938 bits per heavy atom. The standard InChI is InChI=1S/C20H40Cl4O6P2/c1-7-16(21)11-27-31(25,28-12-17(22)8-2)20(15(5)6)32(26,29-13-18(23)9-3)30-14-19(24)10-4/h15-20H,7-14H2,1-6H3/t16-,17-,18-,19-/m1/s1. The highest BCUT2D eigenvalue weighted by Gasteiger charge is 2.53. The van der Waals surface area contributed by atoms with Crippen LogP contribution in [0.25, 0.3) is 0 Å². The Balaban J connectivity index is 6.17. The SMILES string of the molecule is CC[C@@H](Cl)COP(=O)(OC[C@H](Cl)CC)C(C(C)C)P(=O)(OC[C@H](Cl)CC)OC[C@H](Cl)CC. The van der Waals surface area contributed by atoms with E-state index in [1.54, 1.807) is 13.8 Å². The van der Waals surface area contributed by atoms with Crippen LogP contribution < -0.4 is 0 Å². The van der Waals surface area contributed by atoms with Crippen molar-refractivity contribution in [3.05, 3.63) is 0 Å². The van der Waals surface area contributed by atoms with Crippen LogP contribution in [0.1, 0.15) is 67.2 Å². The molecule has 0 spiro atoms. The maximum atomic E-state index is 14.1. The molecule has 0 aliphatic carbocycles. The highest BCUT2D eigenvalue weighted by atomic mass is 35.5. The molecule has 0 rings (SSSR count). The normalized spacial score (nSPS) is 17.0. The first-order chi connectivity index (χ1) is 14.9. The molecule has 194 valence electrons. The molecule has 32 heavy (non-hydrogen) atoms. The topological polar surface area (TPSA) is 71.1 Å². The van der Waals surface area contributed by atoms with E-state index in [2.05, 4.69) is 0 Å². The highest BCUT2D eigenvalue weighted by molar-refractivity contribution is 7.72. The Hall–Kier alpha value is 1.46. The first-order valence-corrected chi connectivity index (χ1v) is 16.2. The summed E-state index contributed by atoms with van der Waals surface area (Å²) in [4.78, 5) is 0. The summed E-state index contributed by atoms with van der Waals surface area (Å²) >= 11 is 24.8. The first kappa shape index (κ1) is 33.5. The number of hydrogen-bond acceptors (Lipinski definition) is 6. The van der Waals surface area contributed by atoms with Crippen molar-refractivity contribution in [1.29, 1.82) is 0 Å². The van der Waals surface area contributed by atoms with Gasteiger partial charge in [0.15, 0.2) is 5.40 Å². The Morgan fingerprint density at radius 1 is 0.562 bits per heavy atom. The molecule has 0 saturated carbocycles. The van der Waals surface area contributed by atoms with E-state index in [9.17, 15) is 9.13 Å². The zero-order chi connectivity index (χ0) is 24.9. The lowest BCUT2D eigenvalue weighted by molar-refractivity contribution is 0.173. The van der Waals surface area contributed by atoms with E-state index in [0.29, 0.717) is 25.7 Å². The molecule has 0 aromatic carbocycles. The number of halogens is 4. The predicted molar refractivity (Wildman–Crippen MR) is 137 cm³/mol. The van der Waals surface area contributed by atoms with E-state index in [1.807, 2.05) is 27.7 Å². The van der Waals surface area contributed by atoms with Gasteiger partial charge in [-0.1, -0.05) is 41.5 Å². The average molecular weight is 580 g/mol. The second-order valence-corrected chi connectivity index (χ2v) is 15.1. The fourth-order valence-corrected chi connectivity index (χ4v) is 9.05. The van der Waals surface area contributed by atoms with Gasteiger partial charge in [0.25, 0.3) is 0 Å². The van der Waals surface area contributed by atoms with Gasteiger partial charge in [-0.25, -0.2) is 0 Å². The molecule has 0 unspecified atom stereocenters. The van der Waals surface area contributed by atoms with Gasteiger partial charge < -0.3 is 18.1 Å². The Kier molecular flexibility index (Phi) is 17.8. The molecule has 0 radical (unpaired) electrons. The van der Waals surface area contributed by atoms with Gasteiger partial charge in [0.1, 0.15) is 0 Å². The van der Waals surface area contributed by atoms with Crippen LogP contribution >= 0.6 is 61.6 Å². The third kappa shape index (κ3) is 11.9. The molecule has 0 amide bonds. The molecule has 0 fully saturated rings. The van der Waals surface area contributed by atoms with Gasteiger partial charge >= 0.3 is 15.2 Å². The lowest BCUT2D eigenvalue weighted by Crippen LogP contribution is -2.27. The monoisotopic (exact) mass is 578 g/mol. The quantitative estimate of drug-likeness (QED) is 0.113. The zero-order valence-corrected chi connectivity index (χ0v) is 24.8. The maximum Gasteiger partial charge on any atom is 0.346 e. The molecule has 0 aliphatic rings. The van der Waals surface area contributed by atoms with Crippen LogP contribution in [0.3, 0.4) is 0 Å². The molecule has 0 heterocycles. The second kappa shape index (κ2) is 17.0. The van der Waals surface area contributed by atoms with Gasteiger partial charge in [0.2, 0.25) is 0 Å². The predicted octanol–water partition coefficient (Wildman–Crippen LogP) is 8.49. The van der Waals surface area contributed by atoms with Crippen molar-refractivity contribution in [3.8, 4) is 0 Å². The third-order valence-electron chi connectivity index (χ3n) is 4.76. The summed E-state index contributed by atoms with van der Waals surface area (Å²) in [7, 11) is -8.09. The minimum Gasteiger partial charge on any atom is -0.306 e. The van der Waals surface area contributed by atoms with Crippen molar-refractivity contribution < 1.29 is 27.2 Å². The van der Waals surface area contributed by atoms with E-state index in [4.69, 9.17) is 64.5 Å². The number of hydrogen-bond donors (Lipinski definition) is 0. The molecule has 0 N–H and O–H groups in total. The van der Waals surface area contributed by atoms with Crippen LogP contribution in [0, 0.1) is 5.92 Å². The Labute approximate surface area is 214 Å². The van der Waals surface area contributed by atoms with Crippen molar-refractivity contribution in [3.63, 3.8) is 0 Å². The third-order valence-corrected chi connectivity index (χ3v) is 12.7. The minimum absolute atomic E-state index is 0.0438. The minimum atomic E-state index is -4.05. The maximum absolute atomic E-state index is 14.1. The van der Waals surface area contributed by atoms with E-state index < -0.39 is 48.0 Å². The Morgan fingerprint density at radius 2 is 0.781 bits per heavy atom. The second-order valence-electron chi connectivity index (χ2n) is 7.94. The fourth-order valence-electron chi connectivity index (χ4n) is 2.49. The van der Waals surface area contributed by atoms with Crippen molar-refractivity contribution in [2.45, 2.75) is 94.1 Å². The van der Waals surface area contributed by atoms with Crippen molar-refractivity contribution in [1.82, 2.24) is 0 Å². The molecular formula is C20H40Cl4O6P2. The molecule has 6 nitrogen and oxygen atoms in total. The van der Waals surface area contributed by atoms with Crippen molar-refractivity contribution in [2.75, 3.05) is 26.4 Å². The van der Waals surface area contributed by atoms with E-state index >= 15 is 0 Å². The molecule has 12 heteroatoms. The molecule has 0 aliphatic heterocycles. The number of rotatable bonds is 19. The van der Waals surface area contributed by atoms with E-state index in [1.165, 1.54) is 0 Å². The summed E-state index contributed by atoms with van der Waals surface area (Å²) in [5.41, 5.74) is 0. The highest BCUT2D eigenvalue weighted by Crippen LogP contribution is 2.72. The summed E-state index contributed by atoms with van der Waals surface area (Å²) < 4.78 is 51.3. The van der Waals surface area contributed by atoms with Crippen LogP contribution in [-0.2, 0) is 27.2 Å². The summed E-state index contributed by atoms with van der Waals surface area (Å²) in [5, 5.41) is -2.76. The summed E-state index contributed by atoms with van der Waals surface area (Å²) in [6, 6.07) is 0. The first-order valence-electron chi connectivity index (χ1n) is 11.2. The lowest BCUT2D eigenvalue weighted by Gasteiger charge is -2.35. The van der Waals surface area contributed by atoms with Crippen molar-refractivity contribution >= 4 is 61.6 Å².